The third-order valence-electron chi connectivity index (χ3n) is 3.23. The molecule has 0 saturated carbocycles. The molecule has 0 aliphatic carbocycles. The van der Waals surface area contributed by atoms with E-state index in [4.69, 9.17) is 16.3 Å². The largest absolute Gasteiger partial charge is 0.496 e. The molecular formula is C16H15Br2ClO. The van der Waals surface area contributed by atoms with Crippen LogP contribution in [-0.2, 0) is 0 Å². The predicted molar refractivity (Wildman–Crippen MR) is 92.4 cm³/mol. The summed E-state index contributed by atoms with van der Waals surface area (Å²) in [5.74, 6) is 0.939. The molecule has 4 heteroatoms. The third-order valence-corrected chi connectivity index (χ3v) is 5.57. The van der Waals surface area contributed by atoms with Gasteiger partial charge in [0, 0.05) is 4.47 Å². The Morgan fingerprint density at radius 2 is 1.75 bits per heavy atom. The van der Waals surface area contributed by atoms with E-state index in [1.54, 1.807) is 7.11 Å². The zero-order chi connectivity index (χ0) is 14.9. The average Bonchev–Trinajstić information content (AvgIpc) is 2.41. The van der Waals surface area contributed by atoms with Crippen molar-refractivity contribution in [3.63, 3.8) is 0 Å². The van der Waals surface area contributed by atoms with Crippen molar-refractivity contribution in [3.8, 4) is 5.75 Å². The number of benzene rings is 2. The van der Waals surface area contributed by atoms with Crippen molar-refractivity contribution in [1.82, 2.24) is 0 Å². The van der Waals surface area contributed by atoms with Gasteiger partial charge in [-0.3, -0.25) is 0 Å². The Balaban J connectivity index is 2.49. The summed E-state index contributed by atoms with van der Waals surface area (Å²) in [5, 5.41) is 0.737. The number of methoxy groups -OCH3 is 1. The molecule has 2 aromatic carbocycles. The summed E-state index contributed by atoms with van der Waals surface area (Å²) in [4.78, 5) is 0.0517. The fourth-order valence-corrected chi connectivity index (χ4v) is 3.74. The van der Waals surface area contributed by atoms with Crippen molar-refractivity contribution in [1.29, 1.82) is 0 Å². The van der Waals surface area contributed by atoms with Gasteiger partial charge in [-0.1, -0.05) is 51.8 Å². The van der Waals surface area contributed by atoms with Crippen LogP contribution in [0.4, 0.5) is 0 Å². The first-order valence-electron chi connectivity index (χ1n) is 6.18. The molecule has 0 bridgehead atoms. The number of aryl methyl sites for hydroxylation is 2. The van der Waals surface area contributed by atoms with Crippen LogP contribution in [0.15, 0.2) is 34.8 Å². The lowest BCUT2D eigenvalue weighted by Crippen LogP contribution is -1.98. The Kier molecular flexibility index (Phi) is 5.16. The Bertz CT molecular complexity index is 617. The zero-order valence-corrected chi connectivity index (χ0v) is 15.4. The quantitative estimate of drug-likeness (QED) is 0.538. The van der Waals surface area contributed by atoms with Crippen LogP contribution in [0.25, 0.3) is 0 Å². The fourth-order valence-electron chi connectivity index (χ4n) is 2.35. The summed E-state index contributed by atoms with van der Waals surface area (Å²) >= 11 is 13.6. The summed E-state index contributed by atoms with van der Waals surface area (Å²) in [7, 11) is 1.70. The topological polar surface area (TPSA) is 9.23 Å². The standard InChI is InChI=1S/C16H15Br2ClO/c1-9-7-11(8-10(2)16(9)20-3)14(18)12-5-4-6-13(17)15(12)19/h4-8,14H,1-3H3. The highest BCUT2D eigenvalue weighted by atomic mass is 79.9. The number of rotatable bonds is 3. The molecule has 1 atom stereocenters. The first-order valence-corrected chi connectivity index (χ1v) is 8.27. The Hall–Kier alpha value is -0.510. The van der Waals surface area contributed by atoms with Crippen LogP contribution in [0.5, 0.6) is 5.75 Å². The van der Waals surface area contributed by atoms with Gasteiger partial charge in [-0.2, -0.15) is 0 Å². The van der Waals surface area contributed by atoms with Crippen LogP contribution >= 0.6 is 43.5 Å². The molecule has 0 aliphatic heterocycles. The monoisotopic (exact) mass is 416 g/mol. The van der Waals surface area contributed by atoms with Crippen molar-refractivity contribution in [3.05, 3.63) is 62.1 Å². The average molecular weight is 419 g/mol. The van der Waals surface area contributed by atoms with Gasteiger partial charge in [0.05, 0.1) is 17.0 Å². The van der Waals surface area contributed by atoms with Gasteiger partial charge in [0.1, 0.15) is 5.75 Å². The van der Waals surface area contributed by atoms with Crippen LogP contribution in [0.1, 0.15) is 27.1 Å². The van der Waals surface area contributed by atoms with E-state index < -0.39 is 0 Å². The normalized spacial score (nSPS) is 12.3. The van der Waals surface area contributed by atoms with Gasteiger partial charge in [0.2, 0.25) is 0 Å². The van der Waals surface area contributed by atoms with Crippen molar-refractivity contribution >= 4 is 43.5 Å². The van der Waals surface area contributed by atoms with Gasteiger partial charge in [-0.15, -0.1) is 0 Å². The van der Waals surface area contributed by atoms with Crippen LogP contribution in [0.2, 0.25) is 5.02 Å². The fraction of sp³-hybridized carbons (Fsp3) is 0.250. The highest BCUT2D eigenvalue weighted by molar-refractivity contribution is 9.10. The van der Waals surface area contributed by atoms with Crippen molar-refractivity contribution in [2.24, 2.45) is 0 Å². The summed E-state index contributed by atoms with van der Waals surface area (Å²) in [6, 6.07) is 10.2. The molecule has 0 N–H and O–H groups in total. The summed E-state index contributed by atoms with van der Waals surface area (Å²) in [6.07, 6.45) is 0. The smallest absolute Gasteiger partial charge is 0.124 e. The molecule has 0 spiro atoms. The van der Waals surface area contributed by atoms with E-state index in [0.717, 1.165) is 31.9 Å². The highest BCUT2D eigenvalue weighted by Crippen LogP contribution is 2.40. The third kappa shape index (κ3) is 3.05. The first-order chi connectivity index (χ1) is 9.45. The molecule has 0 fully saturated rings. The van der Waals surface area contributed by atoms with E-state index in [2.05, 4.69) is 57.8 Å². The SMILES string of the molecule is COc1c(C)cc(C(Br)c2cccc(Br)c2Cl)cc1C. The minimum absolute atomic E-state index is 0.0517. The second-order valence-electron chi connectivity index (χ2n) is 4.69. The molecular weight excluding hydrogens is 403 g/mol. The van der Waals surface area contributed by atoms with E-state index >= 15 is 0 Å². The van der Waals surface area contributed by atoms with Crippen LogP contribution in [0, 0.1) is 13.8 Å². The molecule has 0 aliphatic rings. The maximum Gasteiger partial charge on any atom is 0.124 e. The molecule has 2 rings (SSSR count). The van der Waals surface area contributed by atoms with Crippen molar-refractivity contribution in [2.75, 3.05) is 7.11 Å². The van der Waals surface area contributed by atoms with E-state index in [-0.39, 0.29) is 4.83 Å². The number of hydrogen-bond donors (Lipinski definition) is 0. The molecule has 1 nitrogen and oxygen atoms in total. The Morgan fingerprint density at radius 1 is 1.15 bits per heavy atom. The number of ether oxygens (including phenoxy) is 1. The predicted octanol–water partition coefficient (Wildman–Crippen LogP) is 6.21. The molecule has 20 heavy (non-hydrogen) atoms. The molecule has 106 valence electrons. The Morgan fingerprint density at radius 3 is 2.30 bits per heavy atom. The summed E-state index contributed by atoms with van der Waals surface area (Å²) < 4.78 is 6.32. The second kappa shape index (κ2) is 6.50. The van der Waals surface area contributed by atoms with Gasteiger partial charge < -0.3 is 4.74 Å². The van der Waals surface area contributed by atoms with E-state index in [0.29, 0.717) is 0 Å². The number of hydrogen-bond acceptors (Lipinski definition) is 1. The molecule has 0 saturated heterocycles. The lowest BCUT2D eigenvalue weighted by atomic mass is 9.99. The Labute approximate surface area is 141 Å². The van der Waals surface area contributed by atoms with Crippen LogP contribution in [0.3, 0.4) is 0 Å². The molecule has 0 amide bonds. The van der Waals surface area contributed by atoms with Gasteiger partial charge in [0.25, 0.3) is 0 Å². The second-order valence-corrected chi connectivity index (χ2v) is 6.84. The lowest BCUT2D eigenvalue weighted by molar-refractivity contribution is 0.408. The zero-order valence-electron chi connectivity index (χ0n) is 11.5. The molecule has 0 heterocycles. The van der Waals surface area contributed by atoms with E-state index in [1.807, 2.05) is 18.2 Å². The molecule has 0 aromatic heterocycles. The molecule has 1 unspecified atom stereocenters. The van der Waals surface area contributed by atoms with E-state index in [9.17, 15) is 0 Å². The van der Waals surface area contributed by atoms with Crippen molar-refractivity contribution < 1.29 is 4.74 Å². The number of alkyl halides is 1. The molecule has 2 aromatic rings. The van der Waals surface area contributed by atoms with Gasteiger partial charge in [-0.05, 0) is 58.1 Å². The first kappa shape index (κ1) is 15.9. The van der Waals surface area contributed by atoms with Gasteiger partial charge in [0.15, 0.2) is 0 Å². The maximum absolute atomic E-state index is 6.37. The van der Waals surface area contributed by atoms with Crippen LogP contribution in [-0.4, -0.2) is 7.11 Å². The van der Waals surface area contributed by atoms with Gasteiger partial charge in [-0.25, -0.2) is 0 Å². The van der Waals surface area contributed by atoms with Gasteiger partial charge >= 0.3 is 0 Å². The number of halogens is 3. The minimum Gasteiger partial charge on any atom is -0.496 e. The maximum atomic E-state index is 6.37. The lowest BCUT2D eigenvalue weighted by Gasteiger charge is -2.17. The minimum atomic E-state index is 0.0517. The van der Waals surface area contributed by atoms with Crippen LogP contribution < -0.4 is 4.74 Å². The van der Waals surface area contributed by atoms with E-state index in [1.165, 1.54) is 5.56 Å². The van der Waals surface area contributed by atoms with Crippen molar-refractivity contribution in [2.45, 2.75) is 18.7 Å². The summed E-state index contributed by atoms with van der Waals surface area (Å²) in [6.45, 7) is 4.11. The highest BCUT2D eigenvalue weighted by Gasteiger charge is 2.17. The molecule has 0 radical (unpaired) electrons. The summed E-state index contributed by atoms with van der Waals surface area (Å²) in [5.41, 5.74) is 4.46.